The van der Waals surface area contributed by atoms with Gasteiger partial charge in [0.05, 0.1) is 0 Å². The molecule has 0 aromatic carbocycles. The van der Waals surface area contributed by atoms with Crippen LogP contribution < -0.4 is 0 Å². The Labute approximate surface area is 108 Å². The first-order valence-corrected chi connectivity index (χ1v) is 6.37. The Bertz CT molecular complexity index is 300. The lowest BCUT2D eigenvalue weighted by molar-refractivity contribution is -0.170. The number of esters is 1. The number of carbonyl (C=O) groups excluding carboxylic acids is 2. The van der Waals surface area contributed by atoms with Crippen LogP contribution in [-0.2, 0) is 23.8 Å². The Morgan fingerprint density at radius 1 is 1.44 bits per heavy atom. The van der Waals surface area contributed by atoms with Crippen LogP contribution in [-0.4, -0.2) is 36.4 Å². The first kappa shape index (κ1) is 15.1. The topological polar surface area (TPSA) is 61.8 Å². The van der Waals surface area contributed by atoms with Crippen molar-refractivity contribution < 1.29 is 23.8 Å². The molecule has 0 aliphatic carbocycles. The quantitative estimate of drug-likeness (QED) is 0.537. The lowest BCUT2D eigenvalue weighted by Gasteiger charge is -2.24. The minimum atomic E-state index is -0.819. The molecule has 0 aromatic rings. The summed E-state index contributed by atoms with van der Waals surface area (Å²) in [5.74, 6) is -1.19. The second-order valence-electron chi connectivity index (χ2n) is 4.99. The monoisotopic (exact) mass is 258 g/mol. The third-order valence-corrected chi connectivity index (χ3v) is 2.82. The van der Waals surface area contributed by atoms with E-state index in [0.717, 1.165) is 12.8 Å². The number of rotatable bonds is 6. The summed E-state index contributed by atoms with van der Waals surface area (Å²) in [7, 11) is 0. The van der Waals surface area contributed by atoms with E-state index in [1.807, 2.05) is 0 Å². The van der Waals surface area contributed by atoms with Gasteiger partial charge in [-0.1, -0.05) is 13.3 Å². The molecule has 5 nitrogen and oxygen atoms in total. The van der Waals surface area contributed by atoms with E-state index in [2.05, 4.69) is 6.92 Å². The lowest BCUT2D eigenvalue weighted by Crippen LogP contribution is -2.39. The van der Waals surface area contributed by atoms with Gasteiger partial charge in [-0.2, -0.15) is 0 Å². The number of unbranched alkanes of at least 4 members (excludes halogenated alkanes) is 1. The molecular weight excluding hydrogens is 236 g/mol. The molecule has 1 aliphatic rings. The predicted molar refractivity (Wildman–Crippen MR) is 65.0 cm³/mol. The largest absolute Gasteiger partial charge is 0.460 e. The Hall–Kier alpha value is -0.940. The number of aldehydes is 1. The Morgan fingerprint density at radius 2 is 2.11 bits per heavy atom. The van der Waals surface area contributed by atoms with E-state index >= 15 is 0 Å². The van der Waals surface area contributed by atoms with Gasteiger partial charge in [0.15, 0.2) is 12.1 Å². The molecule has 0 unspecified atom stereocenters. The van der Waals surface area contributed by atoms with E-state index in [-0.39, 0.29) is 5.97 Å². The molecule has 104 valence electrons. The van der Waals surface area contributed by atoms with Crippen molar-refractivity contribution >= 4 is 12.3 Å². The fourth-order valence-electron chi connectivity index (χ4n) is 2.12. The average molecular weight is 258 g/mol. The zero-order valence-corrected chi connectivity index (χ0v) is 11.5. The lowest BCUT2D eigenvalue weighted by atomic mass is 10.0. The molecule has 3 atom stereocenters. The third-order valence-electron chi connectivity index (χ3n) is 2.82. The first-order chi connectivity index (χ1) is 8.39. The van der Waals surface area contributed by atoms with Crippen LogP contribution >= 0.6 is 0 Å². The van der Waals surface area contributed by atoms with Crippen molar-refractivity contribution in [1.82, 2.24) is 0 Å². The van der Waals surface area contributed by atoms with Crippen molar-refractivity contribution in [2.75, 3.05) is 0 Å². The molecule has 0 amide bonds. The normalized spacial score (nSPS) is 27.8. The van der Waals surface area contributed by atoms with Gasteiger partial charge < -0.3 is 19.0 Å². The van der Waals surface area contributed by atoms with Crippen LogP contribution in [0.3, 0.4) is 0 Å². The molecule has 0 aromatic heterocycles. The summed E-state index contributed by atoms with van der Waals surface area (Å²) in [5.41, 5.74) is 0. The van der Waals surface area contributed by atoms with E-state index in [1.165, 1.54) is 6.92 Å². The average Bonchev–Trinajstić information content (AvgIpc) is 2.59. The molecule has 1 saturated heterocycles. The van der Waals surface area contributed by atoms with E-state index < -0.39 is 24.1 Å². The van der Waals surface area contributed by atoms with Crippen LogP contribution in [0.2, 0.25) is 0 Å². The van der Waals surface area contributed by atoms with E-state index in [0.29, 0.717) is 12.7 Å². The second-order valence-corrected chi connectivity index (χ2v) is 4.99. The summed E-state index contributed by atoms with van der Waals surface area (Å²) in [6.07, 6.45) is 1.64. The molecule has 0 saturated carbocycles. The molecule has 1 heterocycles. The van der Waals surface area contributed by atoms with Gasteiger partial charge >= 0.3 is 5.97 Å². The maximum atomic E-state index is 11.1. The molecule has 18 heavy (non-hydrogen) atoms. The second kappa shape index (κ2) is 6.29. The van der Waals surface area contributed by atoms with Gasteiger partial charge in [-0.3, -0.25) is 4.79 Å². The van der Waals surface area contributed by atoms with Crippen LogP contribution in [0.25, 0.3) is 0 Å². The molecule has 1 fully saturated rings. The van der Waals surface area contributed by atoms with Crippen LogP contribution in [0, 0.1) is 0 Å². The van der Waals surface area contributed by atoms with Crippen molar-refractivity contribution in [3.8, 4) is 0 Å². The number of hydrogen-bond donors (Lipinski definition) is 0. The molecule has 1 rings (SSSR count). The SMILES string of the molecule is CCCC[C@H](OC(C)=O)[C@H]1OC(C)(C)O[C@@H]1C=O. The smallest absolute Gasteiger partial charge is 0.302 e. The van der Waals surface area contributed by atoms with Crippen LogP contribution in [0.15, 0.2) is 0 Å². The number of hydrogen-bond acceptors (Lipinski definition) is 5. The van der Waals surface area contributed by atoms with Crippen molar-refractivity contribution in [1.29, 1.82) is 0 Å². The summed E-state index contributed by atoms with van der Waals surface area (Å²) in [4.78, 5) is 22.1. The molecule has 5 heteroatoms. The van der Waals surface area contributed by atoms with Crippen LogP contribution in [0.1, 0.15) is 47.0 Å². The fourth-order valence-corrected chi connectivity index (χ4v) is 2.12. The third kappa shape index (κ3) is 4.07. The summed E-state index contributed by atoms with van der Waals surface area (Å²) < 4.78 is 16.4. The highest BCUT2D eigenvalue weighted by Crippen LogP contribution is 2.31. The molecule has 1 aliphatic heterocycles. The van der Waals surface area contributed by atoms with Crippen LogP contribution in [0.4, 0.5) is 0 Å². The Morgan fingerprint density at radius 3 is 2.61 bits per heavy atom. The minimum Gasteiger partial charge on any atom is -0.460 e. The maximum Gasteiger partial charge on any atom is 0.302 e. The summed E-state index contributed by atoms with van der Waals surface area (Å²) in [6, 6.07) is 0. The summed E-state index contributed by atoms with van der Waals surface area (Å²) in [6.45, 7) is 6.90. The number of carbonyl (C=O) groups is 2. The van der Waals surface area contributed by atoms with E-state index in [9.17, 15) is 9.59 Å². The Balaban J connectivity index is 2.76. The zero-order valence-electron chi connectivity index (χ0n) is 11.5. The standard InChI is InChI=1S/C13H22O5/c1-5-6-7-10(16-9(2)15)12-11(8-14)17-13(3,4)18-12/h8,10-12H,5-7H2,1-4H3/t10-,11+,12+/m0/s1. The molecule has 0 spiro atoms. The highest BCUT2D eigenvalue weighted by atomic mass is 16.8. The molecule has 0 radical (unpaired) electrons. The van der Waals surface area contributed by atoms with Gasteiger partial charge in [-0.25, -0.2) is 0 Å². The van der Waals surface area contributed by atoms with Crippen molar-refractivity contribution in [2.24, 2.45) is 0 Å². The van der Waals surface area contributed by atoms with Crippen molar-refractivity contribution in [2.45, 2.75) is 71.1 Å². The van der Waals surface area contributed by atoms with Gasteiger partial charge in [-0.15, -0.1) is 0 Å². The fraction of sp³-hybridized carbons (Fsp3) is 0.846. The Kier molecular flexibility index (Phi) is 5.28. The van der Waals surface area contributed by atoms with Gasteiger partial charge in [0.25, 0.3) is 0 Å². The van der Waals surface area contributed by atoms with Gasteiger partial charge in [0, 0.05) is 6.92 Å². The van der Waals surface area contributed by atoms with Gasteiger partial charge in [0.2, 0.25) is 0 Å². The summed E-state index contributed by atoms with van der Waals surface area (Å²) in [5, 5.41) is 0. The van der Waals surface area contributed by atoms with E-state index in [4.69, 9.17) is 14.2 Å². The van der Waals surface area contributed by atoms with Gasteiger partial charge in [0.1, 0.15) is 18.3 Å². The molecule has 0 bridgehead atoms. The highest BCUT2D eigenvalue weighted by Gasteiger charge is 2.46. The maximum absolute atomic E-state index is 11.1. The number of ether oxygens (including phenoxy) is 3. The highest BCUT2D eigenvalue weighted by molar-refractivity contribution is 5.66. The zero-order chi connectivity index (χ0) is 13.8. The minimum absolute atomic E-state index is 0.367. The van der Waals surface area contributed by atoms with Crippen LogP contribution in [0.5, 0.6) is 0 Å². The van der Waals surface area contributed by atoms with E-state index in [1.54, 1.807) is 13.8 Å². The summed E-state index contributed by atoms with van der Waals surface area (Å²) >= 11 is 0. The molecule has 0 N–H and O–H groups in total. The van der Waals surface area contributed by atoms with Gasteiger partial charge in [-0.05, 0) is 26.7 Å². The first-order valence-electron chi connectivity index (χ1n) is 6.37. The predicted octanol–water partition coefficient (Wildman–Crippen LogP) is 1.83. The van der Waals surface area contributed by atoms with Crippen molar-refractivity contribution in [3.05, 3.63) is 0 Å². The molecular formula is C13H22O5. The van der Waals surface area contributed by atoms with Crippen molar-refractivity contribution in [3.63, 3.8) is 0 Å².